The smallest absolute Gasteiger partial charge is 0.311 e. The first kappa shape index (κ1) is 38.4. The van der Waals surface area contributed by atoms with Crippen molar-refractivity contribution in [2.75, 3.05) is 7.11 Å². The summed E-state index contributed by atoms with van der Waals surface area (Å²) in [6, 6.07) is 5.42. The van der Waals surface area contributed by atoms with Gasteiger partial charge in [-0.2, -0.15) is 0 Å². The van der Waals surface area contributed by atoms with E-state index in [1.807, 2.05) is 12.1 Å². The lowest BCUT2D eigenvalue weighted by Gasteiger charge is -2.43. The van der Waals surface area contributed by atoms with E-state index in [1.54, 1.807) is 13.2 Å². The molecule has 1 aliphatic heterocycles. The minimum atomic E-state index is -0.525. The van der Waals surface area contributed by atoms with E-state index in [0.29, 0.717) is 66.3 Å². The molecule has 0 N–H and O–H groups in total. The van der Waals surface area contributed by atoms with E-state index in [0.717, 1.165) is 50.5 Å². The first-order chi connectivity index (χ1) is 23.5. The van der Waals surface area contributed by atoms with Gasteiger partial charge in [-0.15, -0.1) is 0 Å². The van der Waals surface area contributed by atoms with Crippen LogP contribution < -0.4 is 9.47 Å². The maximum absolute atomic E-state index is 13.8. The average molecular weight is 673 g/mol. The van der Waals surface area contributed by atoms with E-state index >= 15 is 0 Å². The van der Waals surface area contributed by atoms with Crippen LogP contribution >= 0.6 is 0 Å². The molecular formula is C43H60O6. The van der Waals surface area contributed by atoms with Crippen molar-refractivity contribution >= 4 is 17.5 Å². The number of benzene rings is 1. The number of hydrogen-bond donors (Lipinski definition) is 0. The van der Waals surface area contributed by atoms with Crippen LogP contribution in [0.25, 0.3) is 0 Å². The van der Waals surface area contributed by atoms with E-state index in [4.69, 9.17) is 14.2 Å². The zero-order chi connectivity index (χ0) is 35.4. The van der Waals surface area contributed by atoms with Gasteiger partial charge >= 0.3 is 5.97 Å². The maximum Gasteiger partial charge on any atom is 0.311 e. The number of ketones is 2. The first-order valence-corrected chi connectivity index (χ1v) is 18.9. The number of Topliss-reactive ketones (excluding diaryl/α,β-unsaturated/α-hetero) is 2. The van der Waals surface area contributed by atoms with Gasteiger partial charge in [0.15, 0.2) is 23.1 Å². The molecule has 3 aliphatic rings. The number of carbonyl (C=O) groups excluding carboxylic acids is 3. The van der Waals surface area contributed by atoms with Crippen molar-refractivity contribution in [1.82, 2.24) is 0 Å². The average Bonchev–Trinajstić information content (AvgIpc) is 3.05. The molecule has 0 amide bonds. The molecule has 0 aromatic heterocycles. The van der Waals surface area contributed by atoms with Crippen LogP contribution in [0.2, 0.25) is 0 Å². The second-order valence-corrected chi connectivity index (χ2v) is 15.5. The van der Waals surface area contributed by atoms with Crippen LogP contribution in [0.4, 0.5) is 0 Å². The highest BCUT2D eigenvalue weighted by Gasteiger charge is 2.48. The van der Waals surface area contributed by atoms with Crippen LogP contribution in [0.5, 0.6) is 11.5 Å². The number of allylic oxidation sites excluding steroid dienone is 8. The highest BCUT2D eigenvalue weighted by Crippen LogP contribution is 2.54. The molecule has 6 nitrogen and oxygen atoms in total. The highest BCUT2D eigenvalue weighted by molar-refractivity contribution is 6.06. The van der Waals surface area contributed by atoms with Crippen molar-refractivity contribution in [3.05, 3.63) is 70.7 Å². The molecule has 2 atom stereocenters. The van der Waals surface area contributed by atoms with Crippen LogP contribution in [0, 0.1) is 10.8 Å². The van der Waals surface area contributed by atoms with Gasteiger partial charge in [0.1, 0.15) is 11.5 Å². The number of unbranched alkanes of at least 4 members (excludes halogenated alkanes) is 8. The molecule has 1 aromatic rings. The van der Waals surface area contributed by atoms with Gasteiger partial charge in [-0.1, -0.05) is 97.1 Å². The predicted octanol–water partition coefficient (Wildman–Crippen LogP) is 11.2. The number of rotatable bonds is 18. The Balaban J connectivity index is 1.33. The highest BCUT2D eigenvalue weighted by atomic mass is 16.6. The largest absolute Gasteiger partial charge is 0.493 e. The van der Waals surface area contributed by atoms with Gasteiger partial charge < -0.3 is 14.2 Å². The topological polar surface area (TPSA) is 78.9 Å². The Morgan fingerprint density at radius 1 is 0.796 bits per heavy atom. The number of hydrogen-bond acceptors (Lipinski definition) is 6. The third-order valence-corrected chi connectivity index (χ3v) is 10.4. The van der Waals surface area contributed by atoms with E-state index in [1.165, 1.54) is 32.1 Å². The molecule has 1 heterocycles. The Labute approximate surface area is 295 Å². The fourth-order valence-corrected chi connectivity index (χ4v) is 7.37. The lowest BCUT2D eigenvalue weighted by molar-refractivity contribution is -0.134. The van der Waals surface area contributed by atoms with Crippen molar-refractivity contribution in [3.8, 4) is 11.5 Å². The van der Waals surface area contributed by atoms with E-state index in [-0.39, 0.29) is 28.4 Å². The van der Waals surface area contributed by atoms with Crippen molar-refractivity contribution in [2.24, 2.45) is 10.8 Å². The molecule has 2 aliphatic carbocycles. The van der Waals surface area contributed by atoms with Gasteiger partial charge in [0.25, 0.3) is 0 Å². The fraction of sp³-hybridized carbons (Fsp3) is 0.605. The SMILES string of the molecule is CCCCC/C=C\C/C=C\CCCCCCCC(=O)Oc1ccc(C2C3=C(CC(C)(C)CC3=O)OC3=C2C(=O)CC(C)(CC)C3)cc1OC. The summed E-state index contributed by atoms with van der Waals surface area (Å²) in [5.74, 6) is 1.38. The molecule has 1 aromatic carbocycles. The Kier molecular flexibility index (Phi) is 14.1. The minimum absolute atomic E-state index is 0.0197. The second kappa shape index (κ2) is 18.0. The Bertz CT molecular complexity index is 1460. The Morgan fingerprint density at radius 2 is 1.43 bits per heavy atom. The minimum Gasteiger partial charge on any atom is -0.493 e. The summed E-state index contributed by atoms with van der Waals surface area (Å²) < 4.78 is 17.9. The summed E-state index contributed by atoms with van der Waals surface area (Å²) in [5.41, 5.74) is 1.55. The summed E-state index contributed by atoms with van der Waals surface area (Å²) in [7, 11) is 1.54. The van der Waals surface area contributed by atoms with Gasteiger partial charge in [-0.05, 0) is 73.5 Å². The molecule has 0 spiro atoms. The van der Waals surface area contributed by atoms with Crippen LogP contribution in [0.3, 0.4) is 0 Å². The molecule has 0 bridgehead atoms. The number of methoxy groups -OCH3 is 1. The number of ether oxygens (including phenoxy) is 3. The Hall–Kier alpha value is -3.41. The summed E-state index contributed by atoms with van der Waals surface area (Å²) in [4.78, 5) is 40.2. The molecule has 0 saturated carbocycles. The van der Waals surface area contributed by atoms with Gasteiger partial charge in [0, 0.05) is 49.2 Å². The van der Waals surface area contributed by atoms with Crippen LogP contribution in [-0.4, -0.2) is 24.6 Å². The molecule has 0 fully saturated rings. The quantitative estimate of drug-likeness (QED) is 0.0668. The van der Waals surface area contributed by atoms with Crippen LogP contribution in [-0.2, 0) is 19.1 Å². The van der Waals surface area contributed by atoms with Gasteiger partial charge in [0.2, 0.25) is 0 Å². The maximum atomic E-state index is 13.8. The van der Waals surface area contributed by atoms with Crippen LogP contribution in [0.1, 0.15) is 155 Å². The fourth-order valence-electron chi connectivity index (χ4n) is 7.37. The molecule has 49 heavy (non-hydrogen) atoms. The predicted molar refractivity (Wildman–Crippen MR) is 197 cm³/mol. The third-order valence-electron chi connectivity index (χ3n) is 10.4. The normalized spacial score (nSPS) is 22.0. The molecule has 0 radical (unpaired) electrons. The summed E-state index contributed by atoms with van der Waals surface area (Å²) in [6.07, 6.45) is 24.8. The zero-order valence-corrected chi connectivity index (χ0v) is 31.1. The third kappa shape index (κ3) is 10.5. The molecular weight excluding hydrogens is 612 g/mol. The van der Waals surface area contributed by atoms with Crippen molar-refractivity contribution in [2.45, 2.75) is 150 Å². The van der Waals surface area contributed by atoms with E-state index < -0.39 is 5.92 Å². The van der Waals surface area contributed by atoms with E-state index in [9.17, 15) is 14.4 Å². The molecule has 2 unspecified atom stereocenters. The lowest BCUT2D eigenvalue weighted by atomic mass is 9.65. The van der Waals surface area contributed by atoms with Crippen molar-refractivity contribution < 1.29 is 28.6 Å². The molecule has 6 heteroatoms. The molecule has 268 valence electrons. The van der Waals surface area contributed by atoms with Gasteiger partial charge in [-0.25, -0.2) is 0 Å². The number of carbonyl (C=O) groups is 3. The van der Waals surface area contributed by atoms with E-state index in [2.05, 4.69) is 58.9 Å². The molecule has 0 saturated heterocycles. The molecule has 4 rings (SSSR count). The van der Waals surface area contributed by atoms with Gasteiger partial charge in [0.05, 0.1) is 7.11 Å². The standard InChI is InChI=1S/C43H60O6/c1-7-9-10-11-12-13-14-15-16-17-18-19-20-21-22-23-38(46)49-34-25-24-31(26-35(34)47-6)39-40-32(44)27-42(3,4)29-36(40)48-37-30-43(5,8-2)28-33(45)41(37)39/h12-13,15-16,24-26,39H,7-11,14,17-23,27-30H2,1-6H3/b13-12-,16-15-. The van der Waals surface area contributed by atoms with Gasteiger partial charge in [-0.3, -0.25) is 14.4 Å². The van der Waals surface area contributed by atoms with Crippen molar-refractivity contribution in [1.29, 1.82) is 0 Å². The second-order valence-electron chi connectivity index (χ2n) is 15.5. The monoisotopic (exact) mass is 672 g/mol. The van der Waals surface area contributed by atoms with Crippen molar-refractivity contribution in [3.63, 3.8) is 0 Å². The first-order valence-electron chi connectivity index (χ1n) is 18.9. The zero-order valence-electron chi connectivity index (χ0n) is 31.1. The summed E-state index contributed by atoms with van der Waals surface area (Å²) in [5, 5.41) is 0. The Morgan fingerprint density at radius 3 is 2.10 bits per heavy atom. The summed E-state index contributed by atoms with van der Waals surface area (Å²) in [6.45, 7) is 10.6. The summed E-state index contributed by atoms with van der Waals surface area (Å²) >= 11 is 0. The number of esters is 1. The lowest BCUT2D eigenvalue weighted by Crippen LogP contribution is -2.38. The van der Waals surface area contributed by atoms with Crippen LogP contribution in [0.15, 0.2) is 65.2 Å².